The number of fused-ring (bicyclic) bond motifs is 4. The third-order valence-electron chi connectivity index (χ3n) is 6.04. The van der Waals surface area contributed by atoms with Crippen molar-refractivity contribution in [3.63, 3.8) is 0 Å². The summed E-state index contributed by atoms with van der Waals surface area (Å²) >= 11 is 1.11. The van der Waals surface area contributed by atoms with Crippen LogP contribution in [0.1, 0.15) is 0 Å². The van der Waals surface area contributed by atoms with Gasteiger partial charge in [0.25, 0.3) is 5.56 Å². The van der Waals surface area contributed by atoms with Crippen LogP contribution in [0.3, 0.4) is 0 Å². The quantitative estimate of drug-likeness (QED) is 0.342. The van der Waals surface area contributed by atoms with E-state index in [1.807, 2.05) is 72.3 Å². The minimum Gasteiger partial charge on any atom is -0.327 e. The topological polar surface area (TPSA) is 128 Å². The van der Waals surface area contributed by atoms with Gasteiger partial charge in [0.2, 0.25) is 11.1 Å². The van der Waals surface area contributed by atoms with Gasteiger partial charge < -0.3 is 9.88 Å². The Balaban J connectivity index is 1.29. The Hall–Kier alpha value is -4.77. The van der Waals surface area contributed by atoms with Gasteiger partial charge >= 0.3 is 5.69 Å². The molecular weight excluding hydrogens is 490 g/mol. The van der Waals surface area contributed by atoms with Crippen LogP contribution < -0.4 is 16.6 Å². The van der Waals surface area contributed by atoms with E-state index in [4.69, 9.17) is 0 Å². The number of aromatic nitrogens is 6. The summed E-state index contributed by atoms with van der Waals surface area (Å²) in [6.07, 6.45) is 0. The second kappa shape index (κ2) is 9.03. The first-order valence-corrected chi connectivity index (χ1v) is 12.3. The number of carbonyl (C=O) groups is 1. The van der Waals surface area contributed by atoms with Crippen LogP contribution in [0.4, 0.5) is 5.82 Å². The standard InChI is InChI=1S/C26H19N7O3S/c1-32-18-11-5-4-10-17(18)23-24(32)29-25(31-30-23)37-14-22(35)27-20-13-21(34)28-26(36)33(20)19-12-6-8-15-7-2-3-9-16(15)19/h2-13H,14H2,1H3,(H,27,35)(H,28,34,36). The molecule has 11 heteroatoms. The minimum absolute atomic E-state index is 0.0480. The molecule has 37 heavy (non-hydrogen) atoms. The van der Waals surface area contributed by atoms with Gasteiger partial charge in [-0.05, 0) is 17.5 Å². The van der Waals surface area contributed by atoms with Gasteiger partial charge in [-0.1, -0.05) is 66.4 Å². The van der Waals surface area contributed by atoms with Crippen LogP contribution in [0.5, 0.6) is 0 Å². The second-order valence-corrected chi connectivity index (χ2v) is 9.28. The number of para-hydroxylation sites is 1. The van der Waals surface area contributed by atoms with Crippen molar-refractivity contribution in [3.8, 4) is 5.69 Å². The highest BCUT2D eigenvalue weighted by Gasteiger charge is 2.16. The fourth-order valence-electron chi connectivity index (χ4n) is 4.39. The molecule has 3 aromatic carbocycles. The Morgan fingerprint density at radius 1 is 0.973 bits per heavy atom. The van der Waals surface area contributed by atoms with E-state index in [1.165, 1.54) is 10.6 Å². The normalized spacial score (nSPS) is 11.4. The molecule has 0 aliphatic rings. The molecule has 0 spiro atoms. The number of benzene rings is 3. The molecular formula is C26H19N7O3S. The predicted molar refractivity (Wildman–Crippen MR) is 143 cm³/mol. The van der Waals surface area contributed by atoms with Crippen molar-refractivity contribution in [1.29, 1.82) is 0 Å². The van der Waals surface area contributed by atoms with Crippen LogP contribution in [-0.2, 0) is 11.8 Å². The maximum atomic E-state index is 12.9. The number of anilines is 1. The van der Waals surface area contributed by atoms with Gasteiger partial charge in [-0.25, -0.2) is 14.3 Å². The van der Waals surface area contributed by atoms with Crippen molar-refractivity contribution < 1.29 is 4.79 Å². The highest BCUT2D eigenvalue weighted by molar-refractivity contribution is 7.99. The maximum Gasteiger partial charge on any atom is 0.334 e. The van der Waals surface area contributed by atoms with Crippen molar-refractivity contribution in [2.45, 2.75) is 5.16 Å². The molecule has 2 N–H and O–H groups in total. The molecule has 3 aromatic heterocycles. The molecule has 0 radical (unpaired) electrons. The average molecular weight is 510 g/mol. The average Bonchev–Trinajstić information content (AvgIpc) is 3.18. The first-order chi connectivity index (χ1) is 18.0. The summed E-state index contributed by atoms with van der Waals surface area (Å²) < 4.78 is 3.22. The van der Waals surface area contributed by atoms with Gasteiger partial charge in [0.05, 0.1) is 17.0 Å². The zero-order valence-electron chi connectivity index (χ0n) is 19.5. The Morgan fingerprint density at radius 3 is 2.59 bits per heavy atom. The summed E-state index contributed by atoms with van der Waals surface area (Å²) in [4.78, 5) is 44.6. The van der Waals surface area contributed by atoms with Gasteiger partial charge in [-0.3, -0.25) is 14.6 Å². The summed E-state index contributed by atoms with van der Waals surface area (Å²) in [5.74, 6) is -0.406. The highest BCUT2D eigenvalue weighted by Crippen LogP contribution is 2.26. The summed E-state index contributed by atoms with van der Waals surface area (Å²) in [5, 5.41) is 14.2. The molecule has 10 nitrogen and oxygen atoms in total. The van der Waals surface area contributed by atoms with Crippen molar-refractivity contribution in [3.05, 3.63) is 93.6 Å². The van der Waals surface area contributed by atoms with Crippen LogP contribution in [0, 0.1) is 0 Å². The lowest BCUT2D eigenvalue weighted by Gasteiger charge is -2.15. The van der Waals surface area contributed by atoms with Crippen molar-refractivity contribution in [2.75, 3.05) is 11.1 Å². The van der Waals surface area contributed by atoms with Gasteiger partial charge in [-0.15, -0.1) is 10.2 Å². The number of amides is 1. The van der Waals surface area contributed by atoms with E-state index in [9.17, 15) is 14.4 Å². The molecule has 6 aromatic rings. The number of H-pyrrole nitrogens is 1. The Morgan fingerprint density at radius 2 is 1.73 bits per heavy atom. The smallest absolute Gasteiger partial charge is 0.327 e. The molecule has 0 fully saturated rings. The van der Waals surface area contributed by atoms with E-state index in [0.717, 1.165) is 33.4 Å². The third kappa shape index (κ3) is 4.04. The first kappa shape index (κ1) is 22.7. The van der Waals surface area contributed by atoms with Gasteiger partial charge in [0.1, 0.15) is 11.3 Å². The number of nitrogens with one attached hydrogen (secondary N) is 2. The third-order valence-corrected chi connectivity index (χ3v) is 6.87. The maximum absolute atomic E-state index is 12.9. The van der Waals surface area contributed by atoms with E-state index in [2.05, 4.69) is 25.5 Å². The van der Waals surface area contributed by atoms with E-state index >= 15 is 0 Å². The van der Waals surface area contributed by atoms with Gasteiger partial charge in [-0.2, -0.15) is 0 Å². The number of aromatic amines is 1. The zero-order valence-corrected chi connectivity index (χ0v) is 20.3. The molecule has 0 saturated heterocycles. The predicted octanol–water partition coefficient (Wildman–Crippen LogP) is 3.24. The number of carbonyl (C=O) groups excluding carboxylic acids is 1. The molecule has 3 heterocycles. The molecule has 0 atom stereocenters. The van der Waals surface area contributed by atoms with Crippen molar-refractivity contribution in [2.24, 2.45) is 7.05 Å². The van der Waals surface area contributed by atoms with Gasteiger partial charge in [0, 0.05) is 23.9 Å². The largest absolute Gasteiger partial charge is 0.334 e. The lowest BCUT2D eigenvalue weighted by atomic mass is 10.1. The molecule has 1 amide bonds. The molecule has 0 aliphatic heterocycles. The fraction of sp³-hybridized carbons (Fsp3) is 0.0769. The minimum atomic E-state index is -0.652. The molecule has 0 aliphatic carbocycles. The van der Waals surface area contributed by atoms with Crippen LogP contribution in [0.25, 0.3) is 38.5 Å². The van der Waals surface area contributed by atoms with E-state index < -0.39 is 17.2 Å². The zero-order chi connectivity index (χ0) is 25.5. The van der Waals surface area contributed by atoms with Crippen LogP contribution in [0.15, 0.2) is 87.5 Å². The molecule has 0 bridgehead atoms. The number of thioether (sulfide) groups is 1. The fourth-order valence-corrected chi connectivity index (χ4v) is 4.97. The first-order valence-electron chi connectivity index (χ1n) is 11.3. The molecule has 0 saturated carbocycles. The monoisotopic (exact) mass is 509 g/mol. The van der Waals surface area contributed by atoms with E-state index in [-0.39, 0.29) is 11.6 Å². The Bertz CT molecular complexity index is 1950. The van der Waals surface area contributed by atoms with Crippen LogP contribution in [0.2, 0.25) is 0 Å². The lowest BCUT2D eigenvalue weighted by molar-refractivity contribution is -0.113. The number of nitrogens with zero attached hydrogens (tertiary/aromatic N) is 5. The number of hydrogen-bond donors (Lipinski definition) is 2. The lowest BCUT2D eigenvalue weighted by Crippen LogP contribution is -2.32. The Kier molecular flexibility index (Phi) is 5.53. The summed E-state index contributed by atoms with van der Waals surface area (Å²) in [6, 6.07) is 22.0. The Labute approximate surface area is 213 Å². The summed E-state index contributed by atoms with van der Waals surface area (Å²) in [5.41, 5.74) is 1.61. The summed E-state index contributed by atoms with van der Waals surface area (Å²) in [6.45, 7) is 0. The molecule has 182 valence electrons. The summed E-state index contributed by atoms with van der Waals surface area (Å²) in [7, 11) is 1.90. The number of rotatable bonds is 5. The van der Waals surface area contributed by atoms with Crippen molar-refractivity contribution in [1.82, 2.24) is 29.3 Å². The number of hydrogen-bond acceptors (Lipinski definition) is 7. The van der Waals surface area contributed by atoms with E-state index in [0.29, 0.717) is 22.0 Å². The second-order valence-electron chi connectivity index (χ2n) is 8.34. The van der Waals surface area contributed by atoms with Crippen LogP contribution >= 0.6 is 11.8 Å². The van der Waals surface area contributed by atoms with Crippen molar-refractivity contribution >= 4 is 56.3 Å². The SMILES string of the molecule is Cn1c2ccccc2c2nnc(SCC(=O)Nc3cc(=O)[nH]c(=O)n3-c3cccc4ccccc34)nc21. The number of aryl methyl sites for hydroxylation is 1. The molecule has 0 unspecified atom stereocenters. The van der Waals surface area contributed by atoms with Gasteiger partial charge in [0.15, 0.2) is 5.65 Å². The molecule has 6 rings (SSSR count). The van der Waals surface area contributed by atoms with E-state index in [1.54, 1.807) is 6.07 Å². The van der Waals surface area contributed by atoms with Crippen LogP contribution in [-0.4, -0.2) is 41.0 Å². The highest BCUT2D eigenvalue weighted by atomic mass is 32.2.